The summed E-state index contributed by atoms with van der Waals surface area (Å²) in [6.07, 6.45) is 0. The lowest BCUT2D eigenvalue weighted by Gasteiger charge is -2.26. The Hall–Kier alpha value is -2.60. The van der Waals surface area contributed by atoms with Gasteiger partial charge < -0.3 is 9.84 Å². The second-order valence-corrected chi connectivity index (χ2v) is 6.56. The van der Waals surface area contributed by atoms with Gasteiger partial charge in [-0.15, -0.1) is 0 Å². The first-order valence-electron chi connectivity index (χ1n) is 7.61. The van der Waals surface area contributed by atoms with Crippen LogP contribution in [0.2, 0.25) is 0 Å². The number of benzene rings is 2. The number of rotatable bonds is 4. The topological polar surface area (TPSA) is 66.8 Å². The summed E-state index contributed by atoms with van der Waals surface area (Å²) in [4.78, 5) is 26.2. The predicted octanol–water partition coefficient (Wildman–Crippen LogP) is 3.95. The fourth-order valence-electron chi connectivity index (χ4n) is 2.93. The van der Waals surface area contributed by atoms with Crippen LogP contribution in [0.4, 0.5) is 5.69 Å². The van der Waals surface area contributed by atoms with Crippen molar-refractivity contribution in [3.05, 3.63) is 69.9 Å². The minimum absolute atomic E-state index is 0.100. The Balaban J connectivity index is 2.13. The van der Waals surface area contributed by atoms with Crippen LogP contribution in [0, 0.1) is 0 Å². The third kappa shape index (κ3) is 3.05. The van der Waals surface area contributed by atoms with Crippen molar-refractivity contribution in [2.24, 2.45) is 0 Å². The van der Waals surface area contributed by atoms with E-state index < -0.39 is 17.7 Å². The van der Waals surface area contributed by atoms with Crippen molar-refractivity contribution in [1.82, 2.24) is 0 Å². The third-order valence-electron chi connectivity index (χ3n) is 4.12. The van der Waals surface area contributed by atoms with Gasteiger partial charge in [0.15, 0.2) is 11.5 Å². The van der Waals surface area contributed by atoms with Crippen molar-refractivity contribution >= 4 is 33.3 Å². The lowest BCUT2D eigenvalue weighted by Crippen LogP contribution is -2.30. The lowest BCUT2D eigenvalue weighted by atomic mass is 9.96. The molecular formula is C19H16BrNO4. The summed E-state index contributed by atoms with van der Waals surface area (Å²) in [5.74, 6) is -0.783. The molecule has 0 bridgehead atoms. The molecule has 1 unspecified atom stereocenters. The average molecular weight is 402 g/mol. The molecule has 1 amide bonds. The van der Waals surface area contributed by atoms with Gasteiger partial charge in [0.2, 0.25) is 0 Å². The fraction of sp³-hybridized carbons (Fsp3) is 0.158. The highest BCUT2D eigenvalue weighted by Gasteiger charge is 2.43. The zero-order chi connectivity index (χ0) is 18.1. The van der Waals surface area contributed by atoms with E-state index in [1.54, 1.807) is 31.4 Å². The molecular weight excluding hydrogens is 386 g/mol. The van der Waals surface area contributed by atoms with Gasteiger partial charge in [0.05, 0.1) is 18.7 Å². The van der Waals surface area contributed by atoms with Gasteiger partial charge in [-0.05, 0) is 48.9 Å². The molecule has 5 nitrogen and oxygen atoms in total. The van der Waals surface area contributed by atoms with Crippen LogP contribution < -0.4 is 9.64 Å². The Labute approximate surface area is 153 Å². The molecule has 3 rings (SSSR count). The normalized spacial score (nSPS) is 17.2. The molecule has 1 aliphatic heterocycles. The number of amides is 1. The zero-order valence-corrected chi connectivity index (χ0v) is 15.3. The highest BCUT2D eigenvalue weighted by molar-refractivity contribution is 9.10. The molecule has 0 radical (unpaired) electrons. The van der Waals surface area contributed by atoms with Gasteiger partial charge in [0, 0.05) is 10.2 Å². The van der Waals surface area contributed by atoms with Gasteiger partial charge in [0.25, 0.3) is 5.91 Å². The van der Waals surface area contributed by atoms with Gasteiger partial charge in [-0.1, -0.05) is 28.1 Å². The van der Waals surface area contributed by atoms with Crippen LogP contribution in [0.3, 0.4) is 0 Å². The van der Waals surface area contributed by atoms with Crippen LogP contribution in [0.1, 0.15) is 18.5 Å². The first kappa shape index (κ1) is 17.2. The number of anilines is 1. The molecule has 2 aromatic rings. The third-order valence-corrected chi connectivity index (χ3v) is 4.65. The average Bonchev–Trinajstić information content (AvgIpc) is 2.87. The lowest BCUT2D eigenvalue weighted by molar-refractivity contribution is -0.117. The first-order valence-corrected chi connectivity index (χ1v) is 8.40. The number of hydrogen-bond acceptors (Lipinski definition) is 4. The van der Waals surface area contributed by atoms with Crippen LogP contribution in [0.25, 0.3) is 0 Å². The summed E-state index contributed by atoms with van der Waals surface area (Å²) < 4.78 is 6.02. The largest absolute Gasteiger partial charge is 0.503 e. The Morgan fingerprint density at radius 3 is 2.24 bits per heavy atom. The SMILES string of the molecule is COc1ccc(N2C(=O)C(O)=C(C(C)=O)C2c2ccc(Br)cc2)cc1. The molecule has 0 fully saturated rings. The maximum atomic E-state index is 12.7. The number of ketones is 1. The predicted molar refractivity (Wildman–Crippen MR) is 97.7 cm³/mol. The van der Waals surface area contributed by atoms with E-state index in [0.717, 1.165) is 10.0 Å². The number of carbonyl (C=O) groups is 2. The maximum absolute atomic E-state index is 12.7. The van der Waals surface area contributed by atoms with E-state index in [2.05, 4.69) is 15.9 Å². The Kier molecular flexibility index (Phi) is 4.63. The van der Waals surface area contributed by atoms with Crippen molar-refractivity contribution in [3.8, 4) is 5.75 Å². The van der Waals surface area contributed by atoms with Gasteiger partial charge in [0.1, 0.15) is 5.75 Å². The minimum Gasteiger partial charge on any atom is -0.503 e. The van der Waals surface area contributed by atoms with E-state index in [1.807, 2.05) is 24.3 Å². The van der Waals surface area contributed by atoms with Crippen molar-refractivity contribution in [1.29, 1.82) is 0 Å². The number of aliphatic hydroxyl groups excluding tert-OH is 1. The molecule has 6 heteroatoms. The van der Waals surface area contributed by atoms with E-state index in [9.17, 15) is 14.7 Å². The summed E-state index contributed by atoms with van der Waals surface area (Å²) >= 11 is 3.37. The standard InChI is InChI=1S/C19H16BrNO4/c1-11(22)16-17(12-3-5-13(20)6-4-12)21(19(24)18(16)23)14-7-9-15(25-2)10-8-14/h3-10,17,23H,1-2H3. The van der Waals surface area contributed by atoms with E-state index in [4.69, 9.17) is 4.74 Å². The van der Waals surface area contributed by atoms with Crippen LogP contribution in [-0.2, 0) is 9.59 Å². The van der Waals surface area contributed by atoms with Gasteiger partial charge in [-0.3, -0.25) is 14.5 Å². The van der Waals surface area contributed by atoms with E-state index in [1.165, 1.54) is 11.8 Å². The second kappa shape index (κ2) is 6.72. The molecule has 1 heterocycles. The maximum Gasteiger partial charge on any atom is 0.294 e. The van der Waals surface area contributed by atoms with Crippen molar-refractivity contribution in [2.45, 2.75) is 13.0 Å². The number of methoxy groups -OCH3 is 1. The van der Waals surface area contributed by atoms with E-state index >= 15 is 0 Å². The van der Waals surface area contributed by atoms with Crippen LogP contribution >= 0.6 is 15.9 Å². The highest BCUT2D eigenvalue weighted by Crippen LogP contribution is 2.41. The molecule has 0 saturated carbocycles. The fourth-order valence-corrected chi connectivity index (χ4v) is 3.20. The van der Waals surface area contributed by atoms with E-state index in [-0.39, 0.29) is 11.4 Å². The molecule has 1 atom stereocenters. The molecule has 1 N–H and O–H groups in total. The van der Waals surface area contributed by atoms with Crippen molar-refractivity contribution < 1.29 is 19.4 Å². The minimum atomic E-state index is -0.675. The van der Waals surface area contributed by atoms with Crippen LogP contribution in [0.5, 0.6) is 5.75 Å². The molecule has 0 aliphatic carbocycles. The van der Waals surface area contributed by atoms with Crippen LogP contribution in [-0.4, -0.2) is 23.9 Å². The quantitative estimate of drug-likeness (QED) is 0.841. The molecule has 0 saturated heterocycles. The zero-order valence-electron chi connectivity index (χ0n) is 13.7. The molecule has 0 spiro atoms. The van der Waals surface area contributed by atoms with Gasteiger partial charge in [-0.25, -0.2) is 0 Å². The molecule has 128 valence electrons. The number of hydrogen-bond donors (Lipinski definition) is 1. The number of carbonyl (C=O) groups excluding carboxylic acids is 2. The smallest absolute Gasteiger partial charge is 0.294 e. The molecule has 25 heavy (non-hydrogen) atoms. The summed E-state index contributed by atoms with van der Waals surface area (Å²) in [5.41, 5.74) is 1.41. The number of Topliss-reactive ketones (excluding diaryl/α,β-unsaturated/α-hetero) is 1. The Morgan fingerprint density at radius 1 is 1.12 bits per heavy atom. The number of aliphatic hydroxyl groups is 1. The highest BCUT2D eigenvalue weighted by atomic mass is 79.9. The van der Waals surface area contributed by atoms with Crippen molar-refractivity contribution in [3.63, 3.8) is 0 Å². The first-order chi connectivity index (χ1) is 11.9. The molecule has 2 aromatic carbocycles. The van der Waals surface area contributed by atoms with Gasteiger partial charge >= 0.3 is 0 Å². The molecule has 0 aromatic heterocycles. The molecule has 1 aliphatic rings. The summed E-state index contributed by atoms with van der Waals surface area (Å²) in [5, 5.41) is 10.3. The number of nitrogens with zero attached hydrogens (tertiary/aromatic N) is 1. The second-order valence-electron chi connectivity index (χ2n) is 5.65. The number of halogens is 1. The summed E-state index contributed by atoms with van der Waals surface area (Å²) in [6.45, 7) is 1.35. The van der Waals surface area contributed by atoms with E-state index in [0.29, 0.717) is 11.4 Å². The summed E-state index contributed by atoms with van der Waals surface area (Å²) in [7, 11) is 1.56. The Bertz CT molecular complexity index is 856. The van der Waals surface area contributed by atoms with Crippen LogP contribution in [0.15, 0.2) is 64.3 Å². The Morgan fingerprint density at radius 2 is 1.72 bits per heavy atom. The van der Waals surface area contributed by atoms with Gasteiger partial charge in [-0.2, -0.15) is 0 Å². The number of ether oxygens (including phenoxy) is 1. The monoisotopic (exact) mass is 401 g/mol. The summed E-state index contributed by atoms with van der Waals surface area (Å²) in [6, 6.07) is 13.5. The van der Waals surface area contributed by atoms with Crippen molar-refractivity contribution in [2.75, 3.05) is 12.0 Å².